The van der Waals surface area contributed by atoms with Gasteiger partial charge < -0.3 is 4.74 Å². The highest BCUT2D eigenvalue weighted by Gasteiger charge is 2.27. The van der Waals surface area contributed by atoms with Crippen LogP contribution in [-0.2, 0) is 14.8 Å². The number of anilines is 1. The molecule has 162 valence electrons. The first-order chi connectivity index (χ1) is 15.3. The van der Waals surface area contributed by atoms with Crippen LogP contribution in [0.4, 0.5) is 5.69 Å². The van der Waals surface area contributed by atoms with Crippen molar-refractivity contribution >= 4 is 49.7 Å². The molecule has 0 aliphatic rings. The normalized spacial score (nSPS) is 11.4. The number of hydrogen-bond donors (Lipinski definition) is 0. The van der Waals surface area contributed by atoms with Crippen molar-refractivity contribution in [2.24, 2.45) is 0 Å². The fraction of sp³-hybridized carbons (Fsp3) is 0.130. The Morgan fingerprint density at radius 3 is 2.16 bits per heavy atom. The number of benzene rings is 3. The Balaban J connectivity index is 1.79. The molecule has 0 unspecified atom stereocenters. The molecule has 0 aliphatic heterocycles. The number of hydrogen-bond acceptors (Lipinski definition) is 7. The van der Waals surface area contributed by atoms with E-state index in [0.717, 1.165) is 6.26 Å². The maximum absolute atomic E-state index is 13.3. The Hall–Kier alpha value is -3.85. The second kappa shape index (κ2) is 8.35. The van der Waals surface area contributed by atoms with E-state index in [-0.39, 0.29) is 23.4 Å². The number of amides is 1. The minimum absolute atomic E-state index is 0.0349. The monoisotopic (exact) mass is 449 g/mol. The molecule has 0 saturated heterocycles. The summed E-state index contributed by atoms with van der Waals surface area (Å²) in [7, 11) is -4.01. The summed E-state index contributed by atoms with van der Waals surface area (Å²) in [5, 5.41) is 0. The van der Waals surface area contributed by atoms with E-state index in [9.17, 15) is 18.0 Å². The van der Waals surface area contributed by atoms with Crippen LogP contribution in [0.25, 0.3) is 22.1 Å². The lowest BCUT2D eigenvalue weighted by molar-refractivity contribution is 0.0526. The molecule has 0 spiro atoms. The summed E-state index contributed by atoms with van der Waals surface area (Å²) >= 11 is 0. The van der Waals surface area contributed by atoms with Crippen LogP contribution in [0, 0.1) is 0 Å². The first-order valence-corrected chi connectivity index (χ1v) is 11.6. The van der Waals surface area contributed by atoms with Crippen molar-refractivity contribution in [3.8, 4) is 0 Å². The van der Waals surface area contributed by atoms with Crippen molar-refractivity contribution in [1.82, 2.24) is 9.97 Å². The van der Waals surface area contributed by atoms with Gasteiger partial charge in [-0.3, -0.25) is 4.79 Å². The quantitative estimate of drug-likeness (QED) is 0.339. The molecule has 0 fully saturated rings. The van der Waals surface area contributed by atoms with E-state index in [1.54, 1.807) is 19.1 Å². The van der Waals surface area contributed by atoms with Gasteiger partial charge in [0.2, 0.25) is 10.0 Å². The lowest BCUT2D eigenvalue weighted by atomic mass is 10.1. The molecule has 0 aliphatic carbocycles. The maximum atomic E-state index is 13.3. The van der Waals surface area contributed by atoms with Gasteiger partial charge in [0.15, 0.2) is 0 Å². The summed E-state index contributed by atoms with van der Waals surface area (Å²) in [6, 6.07) is 17.7. The molecule has 4 rings (SSSR count). The summed E-state index contributed by atoms with van der Waals surface area (Å²) in [4.78, 5) is 34.4. The van der Waals surface area contributed by atoms with Crippen LogP contribution in [-0.4, -0.2) is 43.1 Å². The van der Waals surface area contributed by atoms with Crippen molar-refractivity contribution in [3.63, 3.8) is 0 Å². The van der Waals surface area contributed by atoms with Crippen LogP contribution in [0.1, 0.15) is 27.6 Å². The van der Waals surface area contributed by atoms with Crippen molar-refractivity contribution in [1.29, 1.82) is 0 Å². The zero-order valence-electron chi connectivity index (χ0n) is 17.3. The third kappa shape index (κ3) is 4.15. The Morgan fingerprint density at radius 2 is 1.50 bits per heavy atom. The van der Waals surface area contributed by atoms with Crippen LogP contribution in [0.2, 0.25) is 0 Å². The molecule has 8 nitrogen and oxygen atoms in total. The van der Waals surface area contributed by atoms with Gasteiger partial charge in [0.1, 0.15) is 0 Å². The van der Waals surface area contributed by atoms with E-state index in [1.807, 2.05) is 18.2 Å². The summed E-state index contributed by atoms with van der Waals surface area (Å²) < 4.78 is 30.7. The molecule has 0 saturated carbocycles. The molecule has 3 aromatic carbocycles. The largest absolute Gasteiger partial charge is 0.462 e. The van der Waals surface area contributed by atoms with Gasteiger partial charge in [0, 0.05) is 5.56 Å². The van der Waals surface area contributed by atoms with Gasteiger partial charge in [0.05, 0.1) is 46.2 Å². The number of nitrogens with zero attached hydrogens (tertiary/aromatic N) is 3. The first kappa shape index (κ1) is 21.4. The summed E-state index contributed by atoms with van der Waals surface area (Å²) in [6.07, 6.45) is 0.927. The van der Waals surface area contributed by atoms with Gasteiger partial charge in [-0.2, -0.15) is 0 Å². The molecule has 32 heavy (non-hydrogen) atoms. The molecule has 0 atom stereocenters. The fourth-order valence-corrected chi connectivity index (χ4v) is 4.21. The highest BCUT2D eigenvalue weighted by Crippen LogP contribution is 2.24. The molecule has 0 bridgehead atoms. The van der Waals surface area contributed by atoms with E-state index in [0.29, 0.717) is 26.4 Å². The zero-order valence-corrected chi connectivity index (χ0v) is 18.2. The molecule has 0 N–H and O–H groups in total. The molecule has 1 heterocycles. The second-order valence-electron chi connectivity index (χ2n) is 7.02. The van der Waals surface area contributed by atoms with Crippen molar-refractivity contribution < 1.29 is 22.7 Å². The number of aromatic nitrogens is 2. The van der Waals surface area contributed by atoms with E-state index in [4.69, 9.17) is 4.74 Å². The molecule has 1 amide bonds. The smallest absolute Gasteiger partial charge is 0.338 e. The van der Waals surface area contributed by atoms with Crippen LogP contribution in [0.15, 0.2) is 66.7 Å². The van der Waals surface area contributed by atoms with Crippen LogP contribution in [0.5, 0.6) is 0 Å². The maximum Gasteiger partial charge on any atom is 0.338 e. The predicted octanol–water partition coefficient (Wildman–Crippen LogP) is 3.57. The average Bonchev–Trinajstić information content (AvgIpc) is 2.76. The van der Waals surface area contributed by atoms with Gasteiger partial charge in [-0.25, -0.2) is 27.5 Å². The third-order valence-electron chi connectivity index (χ3n) is 4.69. The average molecular weight is 449 g/mol. The summed E-state index contributed by atoms with van der Waals surface area (Å²) in [5.74, 6) is -1.38. The molecule has 0 radical (unpaired) electrons. The van der Waals surface area contributed by atoms with E-state index < -0.39 is 21.9 Å². The fourth-order valence-electron chi connectivity index (χ4n) is 3.30. The number of sulfonamides is 1. The number of carbonyl (C=O) groups is 2. The summed E-state index contributed by atoms with van der Waals surface area (Å²) in [5.41, 5.74) is 2.71. The minimum Gasteiger partial charge on any atom is -0.462 e. The van der Waals surface area contributed by atoms with Gasteiger partial charge >= 0.3 is 5.97 Å². The number of rotatable bonds is 5. The van der Waals surface area contributed by atoms with E-state index in [1.165, 1.54) is 36.4 Å². The van der Waals surface area contributed by atoms with Gasteiger partial charge in [-0.05, 0) is 55.5 Å². The Kier molecular flexibility index (Phi) is 5.58. The predicted molar refractivity (Wildman–Crippen MR) is 121 cm³/mol. The Morgan fingerprint density at radius 1 is 0.844 bits per heavy atom. The zero-order chi connectivity index (χ0) is 22.9. The molecular formula is C23H19N3O5S. The highest BCUT2D eigenvalue weighted by molar-refractivity contribution is 7.92. The third-order valence-corrected chi connectivity index (χ3v) is 5.73. The molecule has 4 aromatic rings. The number of esters is 1. The number of fused-ring (bicyclic) bond motifs is 2. The molecule has 9 heteroatoms. The number of carbonyl (C=O) groups excluding carboxylic acids is 2. The van der Waals surface area contributed by atoms with Crippen molar-refractivity contribution in [2.45, 2.75) is 6.92 Å². The van der Waals surface area contributed by atoms with E-state index >= 15 is 0 Å². The van der Waals surface area contributed by atoms with Gasteiger partial charge in [-0.1, -0.05) is 18.2 Å². The van der Waals surface area contributed by atoms with E-state index in [2.05, 4.69) is 9.97 Å². The van der Waals surface area contributed by atoms with Crippen molar-refractivity contribution in [3.05, 3.63) is 77.9 Å². The number of para-hydroxylation sites is 2. The first-order valence-electron chi connectivity index (χ1n) is 9.76. The second-order valence-corrected chi connectivity index (χ2v) is 8.85. The Labute approximate surface area is 184 Å². The van der Waals surface area contributed by atoms with Gasteiger partial charge in [-0.15, -0.1) is 0 Å². The standard InChI is InChI=1S/C23H19N3O5S/c1-3-31-23(28)16-7-6-8-17(13-16)26(32(2,29)30)22(27)15-11-12-20-21(14-15)25-19-10-5-4-9-18(19)24-20/h4-14H,3H2,1-2H3. The van der Waals surface area contributed by atoms with Gasteiger partial charge in [0.25, 0.3) is 5.91 Å². The Bertz CT molecular complexity index is 1470. The lowest BCUT2D eigenvalue weighted by Crippen LogP contribution is -2.36. The van der Waals surface area contributed by atoms with Crippen LogP contribution < -0.4 is 4.31 Å². The topological polar surface area (TPSA) is 107 Å². The van der Waals surface area contributed by atoms with Crippen molar-refractivity contribution in [2.75, 3.05) is 17.2 Å². The molecule has 1 aromatic heterocycles. The molecular weight excluding hydrogens is 430 g/mol. The summed E-state index contributed by atoms with van der Waals surface area (Å²) in [6.45, 7) is 1.84. The minimum atomic E-state index is -4.01. The lowest BCUT2D eigenvalue weighted by Gasteiger charge is -2.21. The SMILES string of the molecule is CCOC(=O)c1cccc(N(C(=O)c2ccc3nc4ccccc4nc3c2)S(C)(=O)=O)c1. The van der Waals surface area contributed by atoms with Crippen LogP contribution >= 0.6 is 0 Å². The number of ether oxygens (including phenoxy) is 1. The van der Waals surface area contributed by atoms with Crippen LogP contribution in [0.3, 0.4) is 0 Å². The highest BCUT2D eigenvalue weighted by atomic mass is 32.2.